The molecule has 0 amide bonds. The van der Waals surface area contributed by atoms with E-state index in [1.807, 2.05) is 6.92 Å². The Morgan fingerprint density at radius 3 is 2.72 bits per heavy atom. The van der Waals surface area contributed by atoms with E-state index in [2.05, 4.69) is 33.0 Å². The fraction of sp³-hybridized carbons (Fsp3) is 0.722. The van der Waals surface area contributed by atoms with Crippen molar-refractivity contribution in [1.82, 2.24) is 19.8 Å². The Hall–Kier alpha value is -0.470. The van der Waals surface area contributed by atoms with Gasteiger partial charge in [0.15, 0.2) is 5.96 Å². The summed E-state index contributed by atoms with van der Waals surface area (Å²) in [5.41, 5.74) is 0. The minimum absolute atomic E-state index is 0. The average Bonchev–Trinajstić information content (AvgIpc) is 3.33. The van der Waals surface area contributed by atoms with Crippen molar-refractivity contribution in [3.8, 4) is 0 Å². The van der Waals surface area contributed by atoms with Crippen molar-refractivity contribution in [2.24, 2.45) is 4.99 Å². The molecule has 2 aliphatic heterocycles. The number of morpholine rings is 1. The first-order valence-electron chi connectivity index (χ1n) is 9.95. The molecule has 2 N–H and O–H groups in total. The van der Waals surface area contributed by atoms with E-state index in [9.17, 15) is 8.42 Å². The summed E-state index contributed by atoms with van der Waals surface area (Å²) in [5, 5.41) is 8.65. The topological polar surface area (TPSA) is 86.3 Å². The lowest BCUT2D eigenvalue weighted by Crippen LogP contribution is -2.43. The van der Waals surface area contributed by atoms with Gasteiger partial charge in [0, 0.05) is 44.1 Å². The van der Waals surface area contributed by atoms with Crippen molar-refractivity contribution >= 4 is 51.3 Å². The molecule has 0 saturated carbocycles. The highest BCUT2D eigenvalue weighted by atomic mass is 127. The molecule has 0 bridgehead atoms. The molecule has 0 radical (unpaired) electrons. The zero-order chi connectivity index (χ0) is 19.8. The normalized spacial score (nSPS) is 21.5. The summed E-state index contributed by atoms with van der Waals surface area (Å²) >= 11 is 1.76. The molecule has 11 heteroatoms. The second-order valence-corrected chi connectivity index (χ2v) is 9.96. The van der Waals surface area contributed by atoms with E-state index < -0.39 is 10.0 Å². The minimum atomic E-state index is -3.05. The fourth-order valence-corrected chi connectivity index (χ4v) is 5.90. The van der Waals surface area contributed by atoms with Crippen LogP contribution in [0.2, 0.25) is 0 Å². The van der Waals surface area contributed by atoms with Gasteiger partial charge >= 0.3 is 0 Å². The average molecular weight is 558 g/mol. The van der Waals surface area contributed by atoms with Crippen LogP contribution in [0.5, 0.6) is 0 Å². The van der Waals surface area contributed by atoms with Crippen LogP contribution in [0.3, 0.4) is 0 Å². The SMILES string of the molecule is CCNC(=NCC(c1cccs1)N1CCOCC1)NCCN1CCCS1(=O)=O.I. The van der Waals surface area contributed by atoms with E-state index in [1.165, 1.54) is 4.88 Å². The second-order valence-electron chi connectivity index (χ2n) is 6.89. The van der Waals surface area contributed by atoms with Crippen molar-refractivity contribution in [3.63, 3.8) is 0 Å². The summed E-state index contributed by atoms with van der Waals surface area (Å²) < 4.78 is 30.9. The Morgan fingerprint density at radius 1 is 1.31 bits per heavy atom. The molecule has 1 aromatic rings. The van der Waals surface area contributed by atoms with Gasteiger partial charge in [0.2, 0.25) is 10.0 Å². The molecule has 29 heavy (non-hydrogen) atoms. The van der Waals surface area contributed by atoms with Crippen LogP contribution >= 0.6 is 35.3 Å². The maximum absolute atomic E-state index is 11.9. The number of aliphatic imine (C=N–C) groups is 1. The summed E-state index contributed by atoms with van der Waals surface area (Å²) in [6.07, 6.45) is 0.721. The lowest BCUT2D eigenvalue weighted by molar-refractivity contribution is 0.0186. The summed E-state index contributed by atoms with van der Waals surface area (Å²) in [7, 11) is -3.05. The van der Waals surface area contributed by atoms with Crippen LogP contribution in [0.4, 0.5) is 0 Å². The first-order chi connectivity index (χ1) is 13.6. The highest BCUT2D eigenvalue weighted by Crippen LogP contribution is 2.26. The molecule has 3 rings (SSSR count). The lowest BCUT2D eigenvalue weighted by Gasteiger charge is -2.33. The van der Waals surface area contributed by atoms with Gasteiger partial charge in [-0.3, -0.25) is 9.89 Å². The van der Waals surface area contributed by atoms with Gasteiger partial charge < -0.3 is 15.4 Å². The van der Waals surface area contributed by atoms with Gasteiger partial charge in [0.25, 0.3) is 0 Å². The smallest absolute Gasteiger partial charge is 0.214 e. The quantitative estimate of drug-likeness (QED) is 0.285. The number of thiophene rings is 1. The molecule has 8 nitrogen and oxygen atoms in total. The third-order valence-electron chi connectivity index (χ3n) is 4.98. The van der Waals surface area contributed by atoms with E-state index in [0.29, 0.717) is 26.2 Å². The molecular formula is C18H32IN5O3S2. The van der Waals surface area contributed by atoms with Crippen LogP contribution in [-0.2, 0) is 14.8 Å². The highest BCUT2D eigenvalue weighted by Gasteiger charge is 2.27. The van der Waals surface area contributed by atoms with Gasteiger partial charge in [-0.2, -0.15) is 0 Å². The van der Waals surface area contributed by atoms with Gasteiger partial charge in [-0.15, -0.1) is 35.3 Å². The third kappa shape index (κ3) is 7.31. The molecule has 0 aromatic carbocycles. The number of ether oxygens (including phenoxy) is 1. The van der Waals surface area contributed by atoms with Gasteiger partial charge in [0.1, 0.15) is 0 Å². The van der Waals surface area contributed by atoms with Gasteiger partial charge in [-0.1, -0.05) is 6.07 Å². The number of nitrogens with zero attached hydrogens (tertiary/aromatic N) is 3. The predicted octanol–water partition coefficient (Wildman–Crippen LogP) is 1.33. The number of rotatable bonds is 8. The van der Waals surface area contributed by atoms with Gasteiger partial charge in [-0.05, 0) is 24.8 Å². The first kappa shape index (κ1) is 24.8. The fourth-order valence-electron chi connectivity index (χ4n) is 3.52. The van der Waals surface area contributed by atoms with Crippen LogP contribution in [0, 0.1) is 0 Å². The second kappa shape index (κ2) is 12.4. The molecular weight excluding hydrogens is 525 g/mol. The van der Waals surface area contributed by atoms with E-state index in [1.54, 1.807) is 15.6 Å². The number of halogens is 1. The Balaban J connectivity index is 0.00000300. The first-order valence-corrected chi connectivity index (χ1v) is 12.4. The minimum Gasteiger partial charge on any atom is -0.379 e. The van der Waals surface area contributed by atoms with Crippen LogP contribution < -0.4 is 10.6 Å². The predicted molar refractivity (Wildman–Crippen MR) is 129 cm³/mol. The Morgan fingerprint density at radius 2 is 2.10 bits per heavy atom. The lowest BCUT2D eigenvalue weighted by atomic mass is 10.2. The molecule has 0 aliphatic carbocycles. The van der Waals surface area contributed by atoms with Crippen molar-refractivity contribution in [2.45, 2.75) is 19.4 Å². The zero-order valence-electron chi connectivity index (χ0n) is 16.9. The van der Waals surface area contributed by atoms with E-state index >= 15 is 0 Å². The number of hydrogen-bond acceptors (Lipinski definition) is 6. The largest absolute Gasteiger partial charge is 0.379 e. The van der Waals surface area contributed by atoms with E-state index in [-0.39, 0.29) is 35.8 Å². The molecule has 2 fully saturated rings. The van der Waals surface area contributed by atoms with Crippen LogP contribution in [-0.4, -0.2) is 88.4 Å². The van der Waals surface area contributed by atoms with Crippen molar-refractivity contribution in [1.29, 1.82) is 0 Å². The molecule has 166 valence electrons. The highest BCUT2D eigenvalue weighted by molar-refractivity contribution is 14.0. The monoisotopic (exact) mass is 557 g/mol. The van der Waals surface area contributed by atoms with Crippen LogP contribution in [0.15, 0.2) is 22.5 Å². The summed E-state index contributed by atoms with van der Waals surface area (Å²) in [6.45, 7) is 8.42. The molecule has 2 aliphatic rings. The molecule has 3 heterocycles. The number of nitrogens with one attached hydrogen (secondary N) is 2. The Kier molecular flexibility index (Phi) is 10.6. The summed E-state index contributed by atoms with van der Waals surface area (Å²) in [6, 6.07) is 4.48. The summed E-state index contributed by atoms with van der Waals surface area (Å²) in [5.74, 6) is 0.998. The zero-order valence-corrected chi connectivity index (χ0v) is 20.8. The standard InChI is InChI=1S/C18H31N5O3S2.HI/c1-2-19-18(20-6-8-23-7-4-14-28(23,24)25)21-15-16(17-5-3-13-27-17)22-9-11-26-12-10-22;/h3,5,13,16H,2,4,6-12,14-15H2,1H3,(H2,19,20,21);1H. The van der Waals surface area contributed by atoms with Crippen LogP contribution in [0.25, 0.3) is 0 Å². The molecule has 1 unspecified atom stereocenters. The number of sulfonamides is 1. The number of hydrogen-bond donors (Lipinski definition) is 2. The molecule has 0 spiro atoms. The van der Waals surface area contributed by atoms with Gasteiger partial charge in [-0.25, -0.2) is 12.7 Å². The number of guanidine groups is 1. The van der Waals surface area contributed by atoms with Crippen LogP contribution in [0.1, 0.15) is 24.3 Å². The summed E-state index contributed by atoms with van der Waals surface area (Å²) in [4.78, 5) is 8.54. The van der Waals surface area contributed by atoms with Crippen molar-refractivity contribution < 1.29 is 13.2 Å². The Bertz CT molecular complexity index is 724. The maximum atomic E-state index is 11.9. The molecule has 1 aromatic heterocycles. The molecule has 1 atom stereocenters. The van der Waals surface area contributed by atoms with E-state index in [4.69, 9.17) is 9.73 Å². The van der Waals surface area contributed by atoms with Gasteiger partial charge in [0.05, 0.1) is 31.6 Å². The third-order valence-corrected chi connectivity index (χ3v) is 7.91. The molecule has 2 saturated heterocycles. The Labute approximate surface area is 195 Å². The maximum Gasteiger partial charge on any atom is 0.214 e. The van der Waals surface area contributed by atoms with Crippen molar-refractivity contribution in [2.75, 3.05) is 64.8 Å². The van der Waals surface area contributed by atoms with E-state index in [0.717, 1.165) is 45.2 Å². The van der Waals surface area contributed by atoms with Crippen molar-refractivity contribution in [3.05, 3.63) is 22.4 Å².